The van der Waals surface area contributed by atoms with Gasteiger partial charge in [-0.2, -0.15) is 0 Å². The van der Waals surface area contributed by atoms with E-state index in [9.17, 15) is 8.42 Å². The van der Waals surface area contributed by atoms with Gasteiger partial charge < -0.3 is 5.73 Å². The van der Waals surface area contributed by atoms with Gasteiger partial charge >= 0.3 is 0 Å². The van der Waals surface area contributed by atoms with Gasteiger partial charge in [0.15, 0.2) is 9.84 Å². The largest absolute Gasteiger partial charge is 0.327 e. The van der Waals surface area contributed by atoms with Crippen molar-refractivity contribution in [3.8, 4) is 0 Å². The predicted molar refractivity (Wildman–Crippen MR) is 56.4 cm³/mol. The Morgan fingerprint density at radius 3 is 2.00 bits per heavy atom. The first kappa shape index (κ1) is 12.9. The van der Waals surface area contributed by atoms with E-state index >= 15 is 0 Å². The highest BCUT2D eigenvalue weighted by Gasteiger charge is 2.25. The van der Waals surface area contributed by atoms with Crippen molar-refractivity contribution in [1.82, 2.24) is 0 Å². The molecule has 0 bridgehead atoms. The molecule has 0 heterocycles. The zero-order chi connectivity index (χ0) is 10.6. The third-order valence-corrected chi connectivity index (χ3v) is 5.05. The first-order valence-electron chi connectivity index (χ1n) is 4.78. The maximum atomic E-state index is 11.7. The summed E-state index contributed by atoms with van der Waals surface area (Å²) in [5.41, 5.74) is 5.62. The van der Waals surface area contributed by atoms with Crippen LogP contribution in [0.3, 0.4) is 0 Å². The van der Waals surface area contributed by atoms with Crippen LogP contribution in [0.4, 0.5) is 0 Å². The molecular formula is C9H21NO2S. The Labute approximate surface area is 81.6 Å². The second-order valence-corrected chi connectivity index (χ2v) is 6.35. The highest BCUT2D eigenvalue weighted by atomic mass is 32.2. The summed E-state index contributed by atoms with van der Waals surface area (Å²) in [4.78, 5) is 0. The molecule has 0 saturated carbocycles. The molecule has 0 rings (SSSR count). The van der Waals surface area contributed by atoms with Gasteiger partial charge in [0, 0.05) is 6.04 Å². The fraction of sp³-hybridized carbons (Fsp3) is 1.00. The minimum Gasteiger partial charge on any atom is -0.327 e. The number of rotatable bonds is 5. The van der Waals surface area contributed by atoms with Gasteiger partial charge in [-0.1, -0.05) is 20.8 Å². The Hall–Kier alpha value is -0.0900. The van der Waals surface area contributed by atoms with Crippen LogP contribution in [-0.4, -0.2) is 25.5 Å². The lowest BCUT2D eigenvalue weighted by atomic mass is 10.2. The maximum Gasteiger partial charge on any atom is 0.154 e. The molecule has 2 unspecified atom stereocenters. The van der Waals surface area contributed by atoms with Crippen LogP contribution in [0.2, 0.25) is 0 Å². The quantitative estimate of drug-likeness (QED) is 0.736. The van der Waals surface area contributed by atoms with E-state index in [1.165, 1.54) is 0 Å². The molecule has 0 aliphatic carbocycles. The third-order valence-electron chi connectivity index (χ3n) is 2.48. The Balaban J connectivity index is 4.41. The minimum absolute atomic E-state index is 0.114. The predicted octanol–water partition coefficient (Wildman–Crippen LogP) is 1.18. The molecule has 0 fully saturated rings. The van der Waals surface area contributed by atoms with Gasteiger partial charge in [-0.25, -0.2) is 8.42 Å². The van der Waals surface area contributed by atoms with E-state index in [2.05, 4.69) is 0 Å². The van der Waals surface area contributed by atoms with Crippen LogP contribution in [0.15, 0.2) is 0 Å². The van der Waals surface area contributed by atoms with E-state index in [-0.39, 0.29) is 23.0 Å². The van der Waals surface area contributed by atoms with Crippen molar-refractivity contribution in [2.24, 2.45) is 11.7 Å². The maximum absolute atomic E-state index is 11.7. The Bertz CT molecular complexity index is 234. The van der Waals surface area contributed by atoms with E-state index in [4.69, 9.17) is 5.73 Å². The smallest absolute Gasteiger partial charge is 0.154 e. The fourth-order valence-electron chi connectivity index (χ4n) is 0.983. The molecule has 0 spiro atoms. The van der Waals surface area contributed by atoms with Gasteiger partial charge in [-0.15, -0.1) is 0 Å². The van der Waals surface area contributed by atoms with Gasteiger partial charge in [0.25, 0.3) is 0 Å². The summed E-state index contributed by atoms with van der Waals surface area (Å²) in [6, 6.07) is -0.216. The van der Waals surface area contributed by atoms with Crippen LogP contribution < -0.4 is 5.73 Å². The molecule has 0 aromatic heterocycles. The molecule has 13 heavy (non-hydrogen) atoms. The van der Waals surface area contributed by atoms with Crippen molar-refractivity contribution in [3.05, 3.63) is 0 Å². The van der Waals surface area contributed by atoms with E-state index < -0.39 is 9.84 Å². The lowest BCUT2D eigenvalue weighted by molar-refractivity contribution is 0.538. The summed E-state index contributed by atoms with van der Waals surface area (Å²) in [5, 5.41) is -0.287. The molecule has 0 aromatic carbocycles. The molecule has 0 radical (unpaired) electrons. The standard InChI is InChI=1S/C9H21NO2S/c1-5-9(10)6-13(11,12)8(4)7(2)3/h7-9H,5-6,10H2,1-4H3. The molecule has 2 N–H and O–H groups in total. The molecule has 3 nitrogen and oxygen atoms in total. The molecular weight excluding hydrogens is 186 g/mol. The van der Waals surface area contributed by atoms with E-state index in [0.717, 1.165) is 0 Å². The van der Waals surface area contributed by atoms with Crippen molar-refractivity contribution >= 4 is 9.84 Å². The SMILES string of the molecule is CCC(N)CS(=O)(=O)C(C)C(C)C. The van der Waals surface area contributed by atoms with Gasteiger partial charge in [0.1, 0.15) is 0 Å². The van der Waals surface area contributed by atoms with E-state index in [1.54, 1.807) is 6.92 Å². The second kappa shape index (κ2) is 4.96. The molecule has 0 aromatic rings. The van der Waals surface area contributed by atoms with Gasteiger partial charge in [-0.05, 0) is 19.3 Å². The summed E-state index contributed by atoms with van der Waals surface area (Å²) in [5.74, 6) is 0.275. The van der Waals surface area contributed by atoms with Crippen molar-refractivity contribution in [2.75, 3.05) is 5.75 Å². The Morgan fingerprint density at radius 1 is 1.23 bits per heavy atom. The van der Waals surface area contributed by atoms with E-state index in [0.29, 0.717) is 6.42 Å². The normalized spacial score (nSPS) is 17.4. The lowest BCUT2D eigenvalue weighted by Crippen LogP contribution is -2.35. The minimum atomic E-state index is -3.00. The zero-order valence-electron chi connectivity index (χ0n) is 8.95. The Morgan fingerprint density at radius 2 is 1.69 bits per heavy atom. The van der Waals surface area contributed by atoms with Crippen LogP contribution in [-0.2, 0) is 9.84 Å². The van der Waals surface area contributed by atoms with Gasteiger partial charge in [0.05, 0.1) is 11.0 Å². The highest BCUT2D eigenvalue weighted by molar-refractivity contribution is 7.92. The molecule has 0 amide bonds. The average Bonchev–Trinajstić information content (AvgIpc) is 2.01. The third kappa shape index (κ3) is 4.09. The Kier molecular flexibility index (Phi) is 4.92. The average molecular weight is 207 g/mol. The molecule has 0 aliphatic heterocycles. The van der Waals surface area contributed by atoms with Crippen molar-refractivity contribution in [2.45, 2.75) is 45.4 Å². The first-order chi connectivity index (χ1) is 5.81. The summed E-state index contributed by atoms with van der Waals surface area (Å²) < 4.78 is 23.3. The number of nitrogens with two attached hydrogens (primary N) is 1. The number of sulfone groups is 1. The molecule has 4 heteroatoms. The van der Waals surface area contributed by atoms with Crippen LogP contribution >= 0.6 is 0 Å². The van der Waals surface area contributed by atoms with E-state index in [1.807, 2.05) is 20.8 Å². The molecule has 0 saturated heterocycles. The fourth-order valence-corrected chi connectivity index (χ4v) is 2.95. The van der Waals surface area contributed by atoms with Gasteiger partial charge in [-0.3, -0.25) is 0 Å². The van der Waals surface area contributed by atoms with Crippen molar-refractivity contribution in [3.63, 3.8) is 0 Å². The summed E-state index contributed by atoms with van der Waals surface area (Å²) in [6.07, 6.45) is 0.712. The van der Waals surface area contributed by atoms with Crippen LogP contribution in [0.25, 0.3) is 0 Å². The summed E-state index contributed by atoms with van der Waals surface area (Å²) in [6.45, 7) is 7.49. The molecule has 80 valence electrons. The molecule has 0 aliphatic rings. The molecule has 2 atom stereocenters. The van der Waals surface area contributed by atoms with Crippen LogP contribution in [0.5, 0.6) is 0 Å². The number of hydrogen-bond donors (Lipinski definition) is 1. The zero-order valence-corrected chi connectivity index (χ0v) is 9.76. The van der Waals surface area contributed by atoms with Crippen molar-refractivity contribution < 1.29 is 8.42 Å². The monoisotopic (exact) mass is 207 g/mol. The highest BCUT2D eigenvalue weighted by Crippen LogP contribution is 2.13. The van der Waals surface area contributed by atoms with Crippen molar-refractivity contribution in [1.29, 1.82) is 0 Å². The van der Waals surface area contributed by atoms with Gasteiger partial charge in [0.2, 0.25) is 0 Å². The number of hydrogen-bond acceptors (Lipinski definition) is 3. The summed E-state index contributed by atoms with van der Waals surface area (Å²) >= 11 is 0. The topological polar surface area (TPSA) is 60.2 Å². The first-order valence-corrected chi connectivity index (χ1v) is 6.50. The second-order valence-electron chi connectivity index (χ2n) is 3.95. The summed E-state index contributed by atoms with van der Waals surface area (Å²) in [7, 11) is -3.00. The van der Waals surface area contributed by atoms with Crippen LogP contribution in [0.1, 0.15) is 34.1 Å². The lowest BCUT2D eigenvalue weighted by Gasteiger charge is -2.18. The van der Waals surface area contributed by atoms with Crippen LogP contribution in [0, 0.1) is 5.92 Å².